The molecule has 0 fully saturated rings. The molecular weight excluding hydrogens is 297 g/mol. The standard InChI is InChI=1S/C14H13BrFNO/c1-17-9-10-5-6-14(13(15)7-10)18-12-4-2-3-11(16)8-12/h2-8,17H,9H2,1H3. The van der Waals surface area contributed by atoms with Gasteiger partial charge in [0.05, 0.1) is 4.47 Å². The molecule has 0 heterocycles. The van der Waals surface area contributed by atoms with Crippen LogP contribution in [0.4, 0.5) is 4.39 Å². The smallest absolute Gasteiger partial charge is 0.141 e. The summed E-state index contributed by atoms with van der Waals surface area (Å²) in [5.41, 5.74) is 1.15. The van der Waals surface area contributed by atoms with Crippen molar-refractivity contribution in [1.29, 1.82) is 0 Å². The van der Waals surface area contributed by atoms with Crippen LogP contribution in [0.1, 0.15) is 5.56 Å². The van der Waals surface area contributed by atoms with Gasteiger partial charge in [0.15, 0.2) is 0 Å². The van der Waals surface area contributed by atoms with E-state index in [1.165, 1.54) is 12.1 Å². The van der Waals surface area contributed by atoms with E-state index in [4.69, 9.17) is 4.74 Å². The Morgan fingerprint density at radius 2 is 2.06 bits per heavy atom. The summed E-state index contributed by atoms with van der Waals surface area (Å²) in [5, 5.41) is 3.08. The molecule has 94 valence electrons. The average molecular weight is 310 g/mol. The molecule has 0 saturated carbocycles. The molecule has 1 N–H and O–H groups in total. The van der Waals surface area contributed by atoms with Crippen LogP contribution in [0.2, 0.25) is 0 Å². The summed E-state index contributed by atoms with van der Waals surface area (Å²) >= 11 is 3.45. The molecule has 0 atom stereocenters. The lowest BCUT2D eigenvalue weighted by Gasteiger charge is -2.09. The van der Waals surface area contributed by atoms with Gasteiger partial charge in [-0.15, -0.1) is 0 Å². The van der Waals surface area contributed by atoms with E-state index in [0.717, 1.165) is 16.6 Å². The maximum atomic E-state index is 13.0. The number of ether oxygens (including phenoxy) is 1. The lowest BCUT2D eigenvalue weighted by atomic mass is 10.2. The molecule has 0 aromatic heterocycles. The molecular formula is C14H13BrFNO. The highest BCUT2D eigenvalue weighted by molar-refractivity contribution is 9.10. The van der Waals surface area contributed by atoms with Gasteiger partial charge in [-0.2, -0.15) is 0 Å². The zero-order valence-electron chi connectivity index (χ0n) is 9.91. The predicted molar refractivity (Wildman–Crippen MR) is 73.4 cm³/mol. The second kappa shape index (κ2) is 5.98. The van der Waals surface area contributed by atoms with E-state index in [-0.39, 0.29) is 5.82 Å². The molecule has 2 aromatic carbocycles. The van der Waals surface area contributed by atoms with Gasteiger partial charge in [-0.1, -0.05) is 12.1 Å². The van der Waals surface area contributed by atoms with Crippen molar-refractivity contribution in [3.8, 4) is 11.5 Å². The number of benzene rings is 2. The topological polar surface area (TPSA) is 21.3 Å². The number of rotatable bonds is 4. The van der Waals surface area contributed by atoms with Crippen LogP contribution in [0, 0.1) is 5.82 Å². The summed E-state index contributed by atoms with van der Waals surface area (Å²) in [6, 6.07) is 11.9. The Labute approximate surface area is 114 Å². The number of halogens is 2. The number of nitrogens with one attached hydrogen (secondary N) is 1. The zero-order chi connectivity index (χ0) is 13.0. The van der Waals surface area contributed by atoms with Crippen LogP contribution in [0.3, 0.4) is 0 Å². The van der Waals surface area contributed by atoms with Crippen molar-refractivity contribution in [2.45, 2.75) is 6.54 Å². The first kappa shape index (κ1) is 13.1. The normalized spacial score (nSPS) is 10.4. The van der Waals surface area contributed by atoms with E-state index >= 15 is 0 Å². The Bertz CT molecular complexity index is 545. The first-order valence-electron chi connectivity index (χ1n) is 5.55. The van der Waals surface area contributed by atoms with Gasteiger partial charge in [0, 0.05) is 12.6 Å². The maximum Gasteiger partial charge on any atom is 0.141 e. The van der Waals surface area contributed by atoms with Gasteiger partial charge < -0.3 is 10.1 Å². The molecule has 2 nitrogen and oxygen atoms in total. The Morgan fingerprint density at radius 3 is 2.72 bits per heavy atom. The molecule has 0 aliphatic carbocycles. The third-order valence-corrected chi connectivity index (χ3v) is 3.02. The van der Waals surface area contributed by atoms with Gasteiger partial charge in [0.2, 0.25) is 0 Å². The molecule has 0 radical (unpaired) electrons. The fraction of sp³-hybridized carbons (Fsp3) is 0.143. The van der Waals surface area contributed by atoms with Crippen molar-refractivity contribution in [3.05, 3.63) is 58.3 Å². The predicted octanol–water partition coefficient (Wildman–Crippen LogP) is 4.10. The van der Waals surface area contributed by atoms with Crippen LogP contribution in [0.5, 0.6) is 11.5 Å². The maximum absolute atomic E-state index is 13.0. The number of hydrogen-bond acceptors (Lipinski definition) is 2. The van der Waals surface area contributed by atoms with Crippen LogP contribution in [-0.4, -0.2) is 7.05 Å². The first-order chi connectivity index (χ1) is 8.69. The van der Waals surface area contributed by atoms with Gasteiger partial charge in [-0.3, -0.25) is 0 Å². The van der Waals surface area contributed by atoms with Crippen molar-refractivity contribution in [2.75, 3.05) is 7.05 Å². The van der Waals surface area contributed by atoms with Gasteiger partial charge in [-0.05, 0) is 52.8 Å². The lowest BCUT2D eigenvalue weighted by molar-refractivity contribution is 0.473. The fourth-order valence-corrected chi connectivity index (χ4v) is 2.11. The Hall–Kier alpha value is -1.39. The largest absolute Gasteiger partial charge is 0.456 e. The highest BCUT2D eigenvalue weighted by atomic mass is 79.9. The summed E-state index contributed by atoms with van der Waals surface area (Å²) in [5.74, 6) is 0.841. The average Bonchev–Trinajstić information content (AvgIpc) is 2.33. The van der Waals surface area contributed by atoms with Gasteiger partial charge >= 0.3 is 0 Å². The minimum atomic E-state index is -0.310. The van der Waals surface area contributed by atoms with E-state index in [1.54, 1.807) is 12.1 Å². The second-order valence-corrected chi connectivity index (χ2v) is 4.71. The zero-order valence-corrected chi connectivity index (χ0v) is 11.5. The Balaban J connectivity index is 2.19. The van der Waals surface area contributed by atoms with Gasteiger partial charge in [-0.25, -0.2) is 4.39 Å². The van der Waals surface area contributed by atoms with Crippen molar-refractivity contribution >= 4 is 15.9 Å². The third kappa shape index (κ3) is 3.31. The lowest BCUT2D eigenvalue weighted by Crippen LogP contribution is -2.04. The molecule has 4 heteroatoms. The molecule has 2 aromatic rings. The summed E-state index contributed by atoms with van der Waals surface area (Å²) in [4.78, 5) is 0. The first-order valence-corrected chi connectivity index (χ1v) is 6.35. The van der Waals surface area contributed by atoms with Crippen molar-refractivity contribution in [2.24, 2.45) is 0 Å². The summed E-state index contributed by atoms with van der Waals surface area (Å²) < 4.78 is 19.5. The van der Waals surface area contributed by atoms with Crippen molar-refractivity contribution in [1.82, 2.24) is 5.32 Å². The second-order valence-electron chi connectivity index (χ2n) is 3.85. The molecule has 0 spiro atoms. The van der Waals surface area contributed by atoms with Crippen LogP contribution < -0.4 is 10.1 Å². The summed E-state index contributed by atoms with van der Waals surface area (Å²) in [7, 11) is 1.89. The summed E-state index contributed by atoms with van der Waals surface area (Å²) in [6.45, 7) is 0.791. The molecule has 2 rings (SSSR count). The van der Waals surface area contributed by atoms with E-state index < -0.39 is 0 Å². The van der Waals surface area contributed by atoms with Crippen molar-refractivity contribution < 1.29 is 9.13 Å². The number of hydrogen-bond donors (Lipinski definition) is 1. The molecule has 0 saturated heterocycles. The molecule has 0 aliphatic heterocycles. The minimum Gasteiger partial charge on any atom is -0.456 e. The monoisotopic (exact) mass is 309 g/mol. The van der Waals surface area contributed by atoms with Gasteiger partial charge in [0.1, 0.15) is 17.3 Å². The molecule has 0 amide bonds. The summed E-state index contributed by atoms with van der Waals surface area (Å²) in [6.07, 6.45) is 0. The van der Waals surface area contributed by atoms with E-state index in [0.29, 0.717) is 11.5 Å². The van der Waals surface area contributed by atoms with Crippen LogP contribution in [0.25, 0.3) is 0 Å². The SMILES string of the molecule is CNCc1ccc(Oc2cccc(F)c2)c(Br)c1. The quantitative estimate of drug-likeness (QED) is 0.918. The molecule has 0 unspecified atom stereocenters. The molecule has 0 aliphatic rings. The van der Waals surface area contributed by atoms with Crippen LogP contribution in [0.15, 0.2) is 46.9 Å². The van der Waals surface area contributed by atoms with Crippen LogP contribution >= 0.6 is 15.9 Å². The highest BCUT2D eigenvalue weighted by Gasteiger charge is 2.04. The highest BCUT2D eigenvalue weighted by Crippen LogP contribution is 2.30. The Kier molecular flexibility index (Phi) is 4.33. The van der Waals surface area contributed by atoms with Crippen molar-refractivity contribution in [3.63, 3.8) is 0 Å². The molecule has 0 bridgehead atoms. The fourth-order valence-electron chi connectivity index (χ4n) is 1.60. The van der Waals surface area contributed by atoms with E-state index in [9.17, 15) is 4.39 Å². The molecule has 18 heavy (non-hydrogen) atoms. The van der Waals surface area contributed by atoms with E-state index in [1.807, 2.05) is 25.2 Å². The van der Waals surface area contributed by atoms with Crippen LogP contribution in [-0.2, 0) is 6.54 Å². The Morgan fingerprint density at radius 1 is 1.22 bits per heavy atom. The third-order valence-electron chi connectivity index (χ3n) is 2.40. The minimum absolute atomic E-state index is 0.310. The van der Waals surface area contributed by atoms with Gasteiger partial charge in [0.25, 0.3) is 0 Å². The van der Waals surface area contributed by atoms with E-state index in [2.05, 4.69) is 21.2 Å².